The fraction of sp³-hybridized carbons (Fsp3) is 0.500. The van der Waals surface area contributed by atoms with Crippen molar-refractivity contribution in [1.29, 1.82) is 0 Å². The number of aryl methyl sites for hydroxylation is 1. The van der Waals surface area contributed by atoms with E-state index in [0.29, 0.717) is 25.9 Å². The molecule has 0 unspecified atom stereocenters. The van der Waals surface area contributed by atoms with Gasteiger partial charge in [-0.2, -0.15) is 0 Å². The number of amides is 1. The van der Waals surface area contributed by atoms with Crippen molar-refractivity contribution in [2.45, 2.75) is 19.8 Å². The largest absolute Gasteiger partial charge is 0.326 e. The summed E-state index contributed by atoms with van der Waals surface area (Å²) in [5, 5.41) is 2.90. The maximum Gasteiger partial charge on any atom is 0.227 e. The monoisotopic (exact) mass is 296 g/mol. The van der Waals surface area contributed by atoms with Crippen LogP contribution in [0.4, 0.5) is 5.69 Å². The first-order valence-electron chi connectivity index (χ1n) is 6.69. The fourth-order valence-electron chi connectivity index (χ4n) is 2.42. The van der Waals surface area contributed by atoms with Gasteiger partial charge in [-0.1, -0.05) is 12.1 Å². The van der Waals surface area contributed by atoms with E-state index in [2.05, 4.69) is 5.32 Å². The van der Waals surface area contributed by atoms with Crippen molar-refractivity contribution in [3.8, 4) is 0 Å². The number of piperidine rings is 1. The minimum absolute atomic E-state index is 0.0243. The Bertz CT molecular complexity index is 590. The lowest BCUT2D eigenvalue weighted by Crippen LogP contribution is -2.40. The van der Waals surface area contributed by atoms with Crippen molar-refractivity contribution >= 4 is 21.6 Å². The summed E-state index contributed by atoms with van der Waals surface area (Å²) < 4.78 is 24.3. The summed E-state index contributed by atoms with van der Waals surface area (Å²) in [7, 11) is -3.14. The third-order valence-electron chi connectivity index (χ3n) is 3.58. The van der Waals surface area contributed by atoms with Crippen LogP contribution in [0.2, 0.25) is 0 Å². The highest BCUT2D eigenvalue weighted by Gasteiger charge is 2.28. The highest BCUT2D eigenvalue weighted by molar-refractivity contribution is 7.88. The van der Waals surface area contributed by atoms with Gasteiger partial charge in [-0.3, -0.25) is 4.79 Å². The van der Waals surface area contributed by atoms with Gasteiger partial charge in [-0.05, 0) is 37.5 Å². The zero-order valence-corrected chi connectivity index (χ0v) is 12.6. The van der Waals surface area contributed by atoms with Gasteiger partial charge in [0.2, 0.25) is 15.9 Å². The molecule has 6 heteroatoms. The van der Waals surface area contributed by atoms with Gasteiger partial charge < -0.3 is 5.32 Å². The Balaban J connectivity index is 1.92. The zero-order chi connectivity index (χ0) is 14.8. The average molecular weight is 296 g/mol. The Morgan fingerprint density at radius 3 is 2.50 bits per heavy atom. The van der Waals surface area contributed by atoms with E-state index < -0.39 is 10.0 Å². The Morgan fingerprint density at radius 1 is 1.30 bits per heavy atom. The van der Waals surface area contributed by atoms with Crippen LogP contribution in [0.5, 0.6) is 0 Å². The molecule has 0 atom stereocenters. The number of rotatable bonds is 3. The molecule has 1 heterocycles. The normalized spacial score (nSPS) is 17.9. The number of carbonyl (C=O) groups is 1. The summed E-state index contributed by atoms with van der Waals surface area (Å²) in [5.74, 6) is -0.141. The first kappa shape index (κ1) is 15.0. The second kappa shape index (κ2) is 5.93. The van der Waals surface area contributed by atoms with Crippen molar-refractivity contribution in [3.63, 3.8) is 0 Å². The minimum Gasteiger partial charge on any atom is -0.326 e. The van der Waals surface area contributed by atoms with Crippen LogP contribution in [0.25, 0.3) is 0 Å². The number of nitrogens with one attached hydrogen (secondary N) is 1. The second-order valence-electron chi connectivity index (χ2n) is 5.30. The molecule has 2 rings (SSSR count). The molecule has 5 nitrogen and oxygen atoms in total. The smallest absolute Gasteiger partial charge is 0.227 e. The summed E-state index contributed by atoms with van der Waals surface area (Å²) in [6.45, 7) is 2.82. The van der Waals surface area contributed by atoms with Gasteiger partial charge in [0.05, 0.1) is 6.26 Å². The highest BCUT2D eigenvalue weighted by Crippen LogP contribution is 2.21. The molecule has 1 aliphatic heterocycles. The topological polar surface area (TPSA) is 66.5 Å². The Hall–Kier alpha value is -1.40. The highest BCUT2D eigenvalue weighted by atomic mass is 32.2. The number of benzene rings is 1. The Labute approximate surface area is 120 Å². The van der Waals surface area contributed by atoms with Crippen LogP contribution < -0.4 is 5.32 Å². The van der Waals surface area contributed by atoms with Gasteiger partial charge >= 0.3 is 0 Å². The van der Waals surface area contributed by atoms with Crippen LogP contribution in [-0.2, 0) is 14.8 Å². The Morgan fingerprint density at radius 2 is 1.95 bits per heavy atom. The molecule has 0 bridgehead atoms. The van der Waals surface area contributed by atoms with Gasteiger partial charge in [0.25, 0.3) is 0 Å². The molecule has 1 aromatic rings. The lowest BCUT2D eigenvalue weighted by atomic mass is 9.97. The second-order valence-corrected chi connectivity index (χ2v) is 7.28. The summed E-state index contributed by atoms with van der Waals surface area (Å²) in [6.07, 6.45) is 2.36. The van der Waals surface area contributed by atoms with E-state index in [0.717, 1.165) is 11.3 Å². The van der Waals surface area contributed by atoms with Crippen LogP contribution in [0, 0.1) is 12.8 Å². The predicted octanol–water partition coefficient (Wildman–Crippen LogP) is 1.61. The maximum absolute atomic E-state index is 12.2. The molecule has 20 heavy (non-hydrogen) atoms. The molecule has 110 valence electrons. The van der Waals surface area contributed by atoms with Crippen LogP contribution in [0.15, 0.2) is 24.3 Å². The van der Waals surface area contributed by atoms with E-state index in [1.165, 1.54) is 10.6 Å². The molecule has 0 aliphatic carbocycles. The summed E-state index contributed by atoms with van der Waals surface area (Å²) in [5.41, 5.74) is 1.88. The molecule has 1 fully saturated rings. The zero-order valence-electron chi connectivity index (χ0n) is 11.8. The molecular weight excluding hydrogens is 276 g/mol. The third-order valence-corrected chi connectivity index (χ3v) is 4.88. The molecule has 0 aromatic heterocycles. The molecule has 0 saturated carbocycles. The number of nitrogens with zero attached hydrogens (tertiary/aromatic N) is 1. The predicted molar refractivity (Wildman–Crippen MR) is 78.9 cm³/mol. The molecule has 1 saturated heterocycles. The van der Waals surface area contributed by atoms with Crippen LogP contribution >= 0.6 is 0 Å². The molecule has 0 radical (unpaired) electrons. The lowest BCUT2D eigenvalue weighted by molar-refractivity contribution is -0.120. The molecule has 1 aromatic carbocycles. The summed E-state index contributed by atoms with van der Waals surface area (Å²) >= 11 is 0. The minimum atomic E-state index is -3.14. The summed E-state index contributed by atoms with van der Waals surface area (Å²) in [4.78, 5) is 12.2. The van der Waals surface area contributed by atoms with Gasteiger partial charge in [0, 0.05) is 24.7 Å². The maximum atomic E-state index is 12.2. The van der Waals surface area contributed by atoms with E-state index in [9.17, 15) is 13.2 Å². The van der Waals surface area contributed by atoms with Crippen LogP contribution in [0.3, 0.4) is 0 Å². The van der Waals surface area contributed by atoms with Gasteiger partial charge in [0.1, 0.15) is 0 Å². The fourth-order valence-corrected chi connectivity index (χ4v) is 3.29. The Kier molecular flexibility index (Phi) is 4.45. The van der Waals surface area contributed by atoms with E-state index >= 15 is 0 Å². The van der Waals surface area contributed by atoms with Crippen molar-refractivity contribution in [1.82, 2.24) is 4.31 Å². The molecular formula is C14H20N2O3S. The van der Waals surface area contributed by atoms with Crippen LogP contribution in [-0.4, -0.2) is 38.0 Å². The molecule has 0 spiro atoms. The SMILES string of the molecule is Cc1cccc(NC(=O)C2CCN(S(C)(=O)=O)CC2)c1. The van der Waals surface area contributed by atoms with Crippen molar-refractivity contribution in [2.75, 3.05) is 24.7 Å². The van der Waals surface area contributed by atoms with Crippen LogP contribution in [0.1, 0.15) is 18.4 Å². The van der Waals surface area contributed by atoms with Crippen molar-refractivity contribution in [3.05, 3.63) is 29.8 Å². The van der Waals surface area contributed by atoms with Crippen molar-refractivity contribution in [2.24, 2.45) is 5.92 Å². The number of carbonyl (C=O) groups excluding carboxylic acids is 1. The number of hydrogen-bond donors (Lipinski definition) is 1. The third kappa shape index (κ3) is 3.80. The first-order valence-corrected chi connectivity index (χ1v) is 8.54. The molecule has 1 amide bonds. The van der Waals surface area contributed by atoms with Crippen molar-refractivity contribution < 1.29 is 13.2 Å². The molecule has 1 N–H and O–H groups in total. The number of hydrogen-bond acceptors (Lipinski definition) is 3. The van der Waals surface area contributed by atoms with E-state index in [1.54, 1.807) is 0 Å². The van der Waals surface area contributed by atoms with E-state index in [4.69, 9.17) is 0 Å². The lowest BCUT2D eigenvalue weighted by Gasteiger charge is -2.29. The quantitative estimate of drug-likeness (QED) is 0.921. The van der Waals surface area contributed by atoms with Gasteiger partial charge in [0.15, 0.2) is 0 Å². The summed E-state index contributed by atoms with van der Waals surface area (Å²) in [6, 6.07) is 7.65. The number of anilines is 1. The number of sulfonamides is 1. The standard InChI is InChI=1S/C14H20N2O3S/c1-11-4-3-5-13(10-11)15-14(17)12-6-8-16(9-7-12)20(2,18)19/h3-5,10,12H,6-9H2,1-2H3,(H,15,17). The van der Waals surface area contributed by atoms with Gasteiger partial charge in [-0.15, -0.1) is 0 Å². The van der Waals surface area contributed by atoms with Gasteiger partial charge in [-0.25, -0.2) is 12.7 Å². The average Bonchev–Trinajstić information content (AvgIpc) is 2.38. The molecule has 1 aliphatic rings. The van der Waals surface area contributed by atoms with E-state index in [1.807, 2.05) is 31.2 Å². The first-order chi connectivity index (χ1) is 9.36. The van der Waals surface area contributed by atoms with E-state index in [-0.39, 0.29) is 11.8 Å².